The lowest BCUT2D eigenvalue weighted by molar-refractivity contribution is 0.175. The Morgan fingerprint density at radius 1 is 1.36 bits per heavy atom. The molecule has 0 spiro atoms. The van der Waals surface area contributed by atoms with Crippen LogP contribution in [0.25, 0.3) is 11.0 Å². The highest BCUT2D eigenvalue weighted by molar-refractivity contribution is 7.99. The molecule has 1 atom stereocenters. The van der Waals surface area contributed by atoms with Crippen molar-refractivity contribution in [3.05, 3.63) is 29.1 Å². The maximum atomic E-state index is 4.77. The summed E-state index contributed by atoms with van der Waals surface area (Å²) in [7, 11) is 4.39. The maximum absolute atomic E-state index is 4.77. The average molecular weight is 318 g/mol. The number of H-pyrrole nitrogens is 1. The van der Waals surface area contributed by atoms with Crippen LogP contribution in [0, 0.1) is 13.8 Å². The van der Waals surface area contributed by atoms with Gasteiger partial charge >= 0.3 is 0 Å². The number of likely N-dealkylation sites (N-methyl/N-ethyl adjacent to an activating group) is 1. The van der Waals surface area contributed by atoms with Crippen molar-refractivity contribution in [1.29, 1.82) is 0 Å². The summed E-state index contributed by atoms with van der Waals surface area (Å²) in [6.07, 6.45) is 1.26. The molecular weight excluding hydrogens is 292 g/mol. The van der Waals surface area contributed by atoms with Crippen LogP contribution in [0.15, 0.2) is 12.1 Å². The van der Waals surface area contributed by atoms with Crippen molar-refractivity contribution in [2.75, 3.05) is 32.1 Å². The molecule has 3 rings (SSSR count). The summed E-state index contributed by atoms with van der Waals surface area (Å²) in [6.45, 7) is 6.10. The third kappa shape index (κ3) is 2.90. The topological polar surface area (TPSA) is 44.0 Å². The molecule has 0 bridgehead atoms. The molecule has 1 saturated heterocycles. The molecule has 5 heteroatoms. The maximum Gasteiger partial charge on any atom is 0.121 e. The lowest BCUT2D eigenvalue weighted by atomic mass is 9.97. The van der Waals surface area contributed by atoms with Crippen LogP contribution < -0.4 is 5.32 Å². The van der Waals surface area contributed by atoms with Gasteiger partial charge in [0.1, 0.15) is 5.82 Å². The van der Waals surface area contributed by atoms with Gasteiger partial charge in [0.25, 0.3) is 0 Å². The molecule has 2 N–H and O–H groups in total. The normalized spacial score (nSPS) is 22.0. The monoisotopic (exact) mass is 318 g/mol. The van der Waals surface area contributed by atoms with E-state index in [1.807, 2.05) is 0 Å². The predicted octanol–water partition coefficient (Wildman–Crippen LogP) is 2.71. The number of thioether (sulfide) groups is 1. The first-order valence-electron chi connectivity index (χ1n) is 7.92. The zero-order valence-electron chi connectivity index (χ0n) is 14.0. The smallest absolute Gasteiger partial charge is 0.121 e. The standard InChI is InChI=1S/C17H26N4S/c1-12-5-6-14-16(13(12)2)20-15(19-14)9-18-10-17(21(3)4)7-8-22-11-17/h5-6,18H,7-11H2,1-4H3,(H,19,20)/t17-/m0/s1. The zero-order valence-corrected chi connectivity index (χ0v) is 14.8. The van der Waals surface area contributed by atoms with Crippen LogP contribution in [0.5, 0.6) is 0 Å². The fourth-order valence-corrected chi connectivity index (χ4v) is 4.66. The average Bonchev–Trinajstić information content (AvgIpc) is 3.11. The first-order chi connectivity index (χ1) is 10.5. The third-order valence-electron chi connectivity index (χ3n) is 5.01. The minimum Gasteiger partial charge on any atom is -0.341 e. The van der Waals surface area contributed by atoms with Crippen LogP contribution in [0.3, 0.4) is 0 Å². The second kappa shape index (κ2) is 6.22. The number of aromatic amines is 1. The van der Waals surface area contributed by atoms with Crippen LogP contribution >= 0.6 is 11.8 Å². The van der Waals surface area contributed by atoms with Gasteiger partial charge in [-0.3, -0.25) is 0 Å². The van der Waals surface area contributed by atoms with Gasteiger partial charge in [-0.1, -0.05) is 6.07 Å². The molecular formula is C17H26N4S. The molecule has 4 nitrogen and oxygen atoms in total. The van der Waals surface area contributed by atoms with E-state index in [0.717, 1.165) is 29.9 Å². The fourth-order valence-electron chi connectivity index (χ4n) is 3.11. The largest absolute Gasteiger partial charge is 0.341 e. The Morgan fingerprint density at radius 2 is 2.18 bits per heavy atom. The minimum atomic E-state index is 0.295. The van der Waals surface area contributed by atoms with Gasteiger partial charge in [0.05, 0.1) is 17.6 Å². The van der Waals surface area contributed by atoms with Crippen molar-refractivity contribution in [3.63, 3.8) is 0 Å². The molecule has 22 heavy (non-hydrogen) atoms. The molecule has 1 aromatic heterocycles. The molecule has 0 radical (unpaired) electrons. The number of aromatic nitrogens is 2. The van der Waals surface area contributed by atoms with E-state index in [9.17, 15) is 0 Å². The Balaban J connectivity index is 1.68. The Kier molecular flexibility index (Phi) is 4.48. The number of hydrogen-bond donors (Lipinski definition) is 2. The van der Waals surface area contributed by atoms with Gasteiger partial charge in [-0.25, -0.2) is 4.98 Å². The Bertz CT molecular complexity index is 656. The summed E-state index contributed by atoms with van der Waals surface area (Å²) in [6, 6.07) is 4.28. The van der Waals surface area contributed by atoms with E-state index < -0.39 is 0 Å². The van der Waals surface area contributed by atoms with Crippen molar-refractivity contribution in [1.82, 2.24) is 20.2 Å². The van der Waals surface area contributed by atoms with Gasteiger partial charge in [0, 0.05) is 17.8 Å². The van der Waals surface area contributed by atoms with Gasteiger partial charge in [-0.2, -0.15) is 11.8 Å². The molecule has 2 heterocycles. The molecule has 0 unspecified atom stereocenters. The van der Waals surface area contributed by atoms with Gasteiger partial charge in [0.15, 0.2) is 0 Å². The SMILES string of the molecule is Cc1ccc2[nH]c(CNC[C@@]3(N(C)C)CCSC3)nc2c1C. The first kappa shape index (κ1) is 15.8. The lowest BCUT2D eigenvalue weighted by Gasteiger charge is -2.35. The summed E-state index contributed by atoms with van der Waals surface area (Å²) < 4.78 is 0. The van der Waals surface area contributed by atoms with Crippen LogP contribution in [-0.2, 0) is 6.54 Å². The molecule has 1 fully saturated rings. The molecule has 1 aromatic carbocycles. The van der Waals surface area contributed by atoms with E-state index in [1.165, 1.54) is 29.1 Å². The van der Waals surface area contributed by atoms with Crippen molar-refractivity contribution in [3.8, 4) is 0 Å². The molecule has 1 aliphatic heterocycles. The molecule has 120 valence electrons. The van der Waals surface area contributed by atoms with E-state index in [1.54, 1.807) is 0 Å². The Morgan fingerprint density at radius 3 is 2.86 bits per heavy atom. The zero-order chi connectivity index (χ0) is 15.7. The van der Waals surface area contributed by atoms with Gasteiger partial charge in [-0.05, 0) is 57.3 Å². The second-order valence-corrected chi connectivity index (χ2v) is 7.72. The van der Waals surface area contributed by atoms with E-state index in [-0.39, 0.29) is 0 Å². The number of aryl methyl sites for hydroxylation is 2. The summed E-state index contributed by atoms with van der Waals surface area (Å²) in [5.74, 6) is 3.51. The van der Waals surface area contributed by atoms with Crippen molar-refractivity contribution < 1.29 is 0 Å². The minimum absolute atomic E-state index is 0.295. The number of rotatable bonds is 5. The molecule has 0 saturated carbocycles. The van der Waals surface area contributed by atoms with Crippen molar-refractivity contribution in [2.45, 2.75) is 32.4 Å². The number of hydrogen-bond acceptors (Lipinski definition) is 4. The third-order valence-corrected chi connectivity index (χ3v) is 6.24. The number of imidazole rings is 1. The highest BCUT2D eigenvalue weighted by atomic mass is 32.2. The quantitative estimate of drug-likeness (QED) is 0.890. The van der Waals surface area contributed by atoms with Crippen LogP contribution in [0.4, 0.5) is 0 Å². The second-order valence-electron chi connectivity index (χ2n) is 6.61. The number of nitrogens with one attached hydrogen (secondary N) is 2. The molecule has 0 aliphatic carbocycles. The fraction of sp³-hybridized carbons (Fsp3) is 0.588. The van der Waals surface area contributed by atoms with Crippen LogP contribution in [-0.4, -0.2) is 52.6 Å². The summed E-state index contributed by atoms with van der Waals surface area (Å²) in [4.78, 5) is 10.6. The number of fused-ring (bicyclic) bond motifs is 1. The Hall–Kier alpha value is -1.04. The summed E-state index contributed by atoms with van der Waals surface area (Å²) in [5, 5.41) is 3.61. The van der Waals surface area contributed by atoms with Gasteiger partial charge in [-0.15, -0.1) is 0 Å². The molecule has 2 aromatic rings. The molecule has 0 amide bonds. The van der Waals surface area contributed by atoms with Crippen LogP contribution in [0.1, 0.15) is 23.4 Å². The molecule has 1 aliphatic rings. The van der Waals surface area contributed by atoms with E-state index in [4.69, 9.17) is 4.98 Å². The lowest BCUT2D eigenvalue weighted by Crippen LogP contribution is -2.51. The van der Waals surface area contributed by atoms with Gasteiger partial charge < -0.3 is 15.2 Å². The number of nitrogens with zero attached hydrogens (tertiary/aromatic N) is 2. The summed E-state index contributed by atoms with van der Waals surface area (Å²) >= 11 is 2.06. The Labute approximate surface area is 137 Å². The van der Waals surface area contributed by atoms with Crippen molar-refractivity contribution >= 4 is 22.8 Å². The van der Waals surface area contributed by atoms with Crippen LogP contribution in [0.2, 0.25) is 0 Å². The van der Waals surface area contributed by atoms with Gasteiger partial charge in [0.2, 0.25) is 0 Å². The van der Waals surface area contributed by atoms with E-state index in [2.05, 4.69) is 67.0 Å². The predicted molar refractivity (Wildman–Crippen MR) is 95.6 cm³/mol. The van der Waals surface area contributed by atoms with E-state index in [0.29, 0.717) is 5.54 Å². The first-order valence-corrected chi connectivity index (χ1v) is 9.08. The van der Waals surface area contributed by atoms with Crippen molar-refractivity contribution in [2.24, 2.45) is 0 Å². The summed E-state index contributed by atoms with van der Waals surface area (Å²) in [5.41, 5.74) is 5.11. The van der Waals surface area contributed by atoms with E-state index >= 15 is 0 Å². The number of benzene rings is 1. The highest BCUT2D eigenvalue weighted by Gasteiger charge is 2.36. The highest BCUT2D eigenvalue weighted by Crippen LogP contribution is 2.31.